The Balaban J connectivity index is 1.83. The molecule has 0 spiro atoms. The third-order valence-corrected chi connectivity index (χ3v) is 6.01. The van der Waals surface area contributed by atoms with E-state index in [4.69, 9.17) is 18.9 Å². The third kappa shape index (κ3) is 7.63. The molecule has 0 amide bonds. The second-order valence-electron chi connectivity index (χ2n) is 9.90. The minimum absolute atomic E-state index is 0.0145. The number of carboxylic acid groups (broad SMARTS) is 1. The van der Waals surface area contributed by atoms with Crippen molar-refractivity contribution < 1.29 is 43.1 Å². The number of aliphatic hydroxyl groups is 1. The van der Waals surface area contributed by atoms with Gasteiger partial charge < -0.3 is 29.2 Å². The molecule has 9 heteroatoms. The zero-order chi connectivity index (χ0) is 28.0. The van der Waals surface area contributed by atoms with Crippen LogP contribution in [0.1, 0.15) is 65.5 Å². The highest BCUT2D eigenvalue weighted by Crippen LogP contribution is 2.36. The van der Waals surface area contributed by atoms with Crippen LogP contribution in [0.5, 0.6) is 5.75 Å². The number of aromatic carboxylic acids is 1. The Morgan fingerprint density at radius 1 is 1.16 bits per heavy atom. The van der Waals surface area contributed by atoms with Crippen LogP contribution in [0.15, 0.2) is 54.4 Å². The molecule has 2 aromatic rings. The van der Waals surface area contributed by atoms with Gasteiger partial charge in [-0.05, 0) is 76.4 Å². The average Bonchev–Trinajstić information content (AvgIpc) is 3.14. The van der Waals surface area contributed by atoms with Gasteiger partial charge in [0.15, 0.2) is 11.9 Å². The van der Waals surface area contributed by atoms with Gasteiger partial charge >= 0.3 is 11.9 Å². The topological polar surface area (TPSA) is 112 Å². The lowest BCUT2D eigenvalue weighted by molar-refractivity contribution is -0.154. The predicted octanol–water partition coefficient (Wildman–Crippen LogP) is 5.14. The lowest BCUT2D eigenvalue weighted by atomic mass is 10.0. The van der Waals surface area contributed by atoms with Gasteiger partial charge in [-0.25, -0.2) is 14.0 Å². The summed E-state index contributed by atoms with van der Waals surface area (Å²) in [5, 5.41) is 19.3. The Hall–Kier alpha value is -3.27. The van der Waals surface area contributed by atoms with Crippen LogP contribution < -0.4 is 4.74 Å². The molecular formula is C29H35FO8. The monoisotopic (exact) mass is 530 g/mol. The molecule has 1 fully saturated rings. The van der Waals surface area contributed by atoms with Crippen molar-refractivity contribution >= 4 is 11.9 Å². The van der Waals surface area contributed by atoms with Gasteiger partial charge in [0.2, 0.25) is 0 Å². The SMILES string of the molecule is Cc1cc(C)c(C(=O)O)c(OCC[C@@H]2OC(C)(C)O[C@@H]2C(OC(=O)c2ccccc2)/C(F)=C\C[C@@H](C)O)c1. The lowest BCUT2D eigenvalue weighted by Crippen LogP contribution is -2.40. The molecule has 2 N–H and O–H groups in total. The first-order chi connectivity index (χ1) is 17.9. The molecule has 0 aliphatic carbocycles. The second-order valence-corrected chi connectivity index (χ2v) is 9.90. The molecule has 206 valence electrons. The molecule has 4 atom stereocenters. The maximum atomic E-state index is 15.4. The normalized spacial score (nSPS) is 20.6. The third-order valence-electron chi connectivity index (χ3n) is 6.01. The van der Waals surface area contributed by atoms with Gasteiger partial charge in [0, 0.05) is 6.42 Å². The number of rotatable bonds is 11. The number of hydrogen-bond donors (Lipinski definition) is 2. The van der Waals surface area contributed by atoms with Crippen LogP contribution in [-0.4, -0.2) is 59.0 Å². The van der Waals surface area contributed by atoms with Crippen LogP contribution >= 0.6 is 0 Å². The highest BCUT2D eigenvalue weighted by Gasteiger charge is 2.48. The van der Waals surface area contributed by atoms with Gasteiger partial charge in [-0.1, -0.05) is 24.3 Å². The van der Waals surface area contributed by atoms with Crippen molar-refractivity contribution in [1.29, 1.82) is 0 Å². The van der Waals surface area contributed by atoms with E-state index in [9.17, 15) is 19.8 Å². The Kier molecular flexibility index (Phi) is 9.65. The van der Waals surface area contributed by atoms with Crippen molar-refractivity contribution in [1.82, 2.24) is 0 Å². The maximum absolute atomic E-state index is 15.4. The van der Waals surface area contributed by atoms with Crippen LogP contribution in [0.3, 0.4) is 0 Å². The van der Waals surface area contributed by atoms with Crippen molar-refractivity contribution in [2.24, 2.45) is 0 Å². The number of aryl methyl sites for hydroxylation is 2. The number of halogens is 1. The average molecular weight is 531 g/mol. The standard InChI is InChI=1S/C29H35FO8/c1-17-15-18(2)24(27(32)33)23(16-17)35-14-13-22-26(38-29(4,5)37-22)25(21(30)12-11-19(3)31)36-28(34)20-9-7-6-8-10-20/h6-10,12,15-16,19,22,25-26,31H,11,13-14H2,1-5H3,(H,32,33)/b21-12+/t19-,22+,25?,26+/m1/s1. The van der Waals surface area contributed by atoms with Crippen molar-refractivity contribution in [2.75, 3.05) is 6.61 Å². The Morgan fingerprint density at radius 3 is 2.47 bits per heavy atom. The van der Waals surface area contributed by atoms with Crippen molar-refractivity contribution in [3.05, 3.63) is 76.6 Å². The quantitative estimate of drug-likeness (QED) is 0.384. The van der Waals surface area contributed by atoms with E-state index < -0.39 is 48.0 Å². The van der Waals surface area contributed by atoms with Crippen molar-refractivity contribution in [3.8, 4) is 5.75 Å². The summed E-state index contributed by atoms with van der Waals surface area (Å²) in [7, 11) is 0. The largest absolute Gasteiger partial charge is 0.493 e. The van der Waals surface area contributed by atoms with Gasteiger partial charge in [-0.15, -0.1) is 0 Å². The van der Waals surface area contributed by atoms with Crippen molar-refractivity contribution in [2.45, 2.75) is 77.7 Å². The molecule has 3 rings (SSSR count). The van der Waals surface area contributed by atoms with E-state index in [0.717, 1.165) is 5.56 Å². The fourth-order valence-corrected chi connectivity index (χ4v) is 4.38. The molecule has 0 bridgehead atoms. The number of hydrogen-bond acceptors (Lipinski definition) is 7. The van der Waals surface area contributed by atoms with Gasteiger partial charge in [0.1, 0.15) is 23.2 Å². The summed E-state index contributed by atoms with van der Waals surface area (Å²) >= 11 is 0. The summed E-state index contributed by atoms with van der Waals surface area (Å²) in [4.78, 5) is 24.6. The molecule has 38 heavy (non-hydrogen) atoms. The molecule has 1 aliphatic rings. The van der Waals surface area contributed by atoms with Crippen LogP contribution in [0.4, 0.5) is 4.39 Å². The molecule has 1 aliphatic heterocycles. The number of esters is 1. The van der Waals surface area contributed by atoms with E-state index in [2.05, 4.69) is 0 Å². The first-order valence-electron chi connectivity index (χ1n) is 12.5. The fraction of sp³-hybridized carbons (Fsp3) is 0.448. The van der Waals surface area contributed by atoms with Gasteiger partial charge in [0.05, 0.1) is 24.4 Å². The number of benzene rings is 2. The minimum atomic E-state index is -1.44. The molecule has 0 aromatic heterocycles. The number of carbonyl (C=O) groups is 2. The number of ether oxygens (including phenoxy) is 4. The van der Waals surface area contributed by atoms with Crippen LogP contribution in [0.2, 0.25) is 0 Å². The van der Waals surface area contributed by atoms with E-state index >= 15 is 4.39 Å². The summed E-state index contributed by atoms with van der Waals surface area (Å²) in [6.45, 7) is 8.44. The Labute approximate surface area is 222 Å². The first-order valence-corrected chi connectivity index (χ1v) is 12.5. The van der Waals surface area contributed by atoms with E-state index in [0.29, 0.717) is 5.56 Å². The number of aliphatic hydroxyl groups excluding tert-OH is 1. The zero-order valence-corrected chi connectivity index (χ0v) is 22.3. The van der Waals surface area contributed by atoms with Crippen LogP contribution in [0, 0.1) is 13.8 Å². The summed E-state index contributed by atoms with van der Waals surface area (Å²) in [5.74, 6) is -3.49. The van der Waals surface area contributed by atoms with E-state index in [1.54, 1.807) is 63.2 Å². The molecule has 8 nitrogen and oxygen atoms in total. The summed E-state index contributed by atoms with van der Waals surface area (Å²) in [5.41, 5.74) is 1.73. The molecule has 1 heterocycles. The highest BCUT2D eigenvalue weighted by molar-refractivity contribution is 5.92. The smallest absolute Gasteiger partial charge is 0.339 e. The van der Waals surface area contributed by atoms with E-state index in [-0.39, 0.29) is 36.3 Å². The molecular weight excluding hydrogens is 495 g/mol. The van der Waals surface area contributed by atoms with Crippen molar-refractivity contribution in [3.63, 3.8) is 0 Å². The number of carbonyl (C=O) groups excluding carboxylic acids is 1. The molecule has 0 saturated carbocycles. The second kappa shape index (κ2) is 12.5. The first kappa shape index (κ1) is 29.3. The van der Waals surface area contributed by atoms with Gasteiger partial charge in [0.25, 0.3) is 0 Å². The Morgan fingerprint density at radius 2 is 1.84 bits per heavy atom. The molecule has 1 unspecified atom stereocenters. The Bertz CT molecular complexity index is 1160. The number of carboxylic acids is 1. The van der Waals surface area contributed by atoms with Crippen LogP contribution in [0.25, 0.3) is 0 Å². The minimum Gasteiger partial charge on any atom is -0.493 e. The van der Waals surface area contributed by atoms with E-state index in [1.165, 1.54) is 13.0 Å². The summed E-state index contributed by atoms with van der Waals surface area (Å²) in [6, 6.07) is 11.6. The molecule has 2 aromatic carbocycles. The summed E-state index contributed by atoms with van der Waals surface area (Å²) in [6.07, 6.45) is -2.63. The van der Waals surface area contributed by atoms with Crippen LogP contribution in [-0.2, 0) is 14.2 Å². The van der Waals surface area contributed by atoms with Gasteiger partial charge in [-0.2, -0.15) is 0 Å². The molecule has 1 saturated heterocycles. The fourth-order valence-electron chi connectivity index (χ4n) is 4.38. The van der Waals surface area contributed by atoms with E-state index in [1.807, 2.05) is 6.92 Å². The predicted molar refractivity (Wildman–Crippen MR) is 138 cm³/mol. The summed E-state index contributed by atoms with van der Waals surface area (Å²) < 4.78 is 38.9. The lowest BCUT2D eigenvalue weighted by Gasteiger charge is -2.26. The maximum Gasteiger partial charge on any atom is 0.339 e. The van der Waals surface area contributed by atoms with Gasteiger partial charge in [-0.3, -0.25) is 0 Å². The molecule has 0 radical (unpaired) electrons. The zero-order valence-electron chi connectivity index (χ0n) is 22.3. The highest BCUT2D eigenvalue weighted by atomic mass is 19.1.